The van der Waals surface area contributed by atoms with E-state index >= 15 is 0 Å². The van der Waals surface area contributed by atoms with E-state index in [-0.39, 0.29) is 22.7 Å². The minimum absolute atomic E-state index is 0.0292. The number of aryl methyl sites for hydroxylation is 1. The van der Waals surface area contributed by atoms with Gasteiger partial charge in [-0.1, -0.05) is 0 Å². The quantitative estimate of drug-likeness (QED) is 0.685. The van der Waals surface area contributed by atoms with E-state index in [2.05, 4.69) is 4.72 Å². The van der Waals surface area contributed by atoms with E-state index < -0.39 is 15.8 Å². The Morgan fingerprint density at radius 3 is 2.62 bits per heavy atom. The monoisotopic (exact) mass is 319 g/mol. The smallest absolute Gasteiger partial charge is 0.240 e. The van der Waals surface area contributed by atoms with Crippen LogP contribution in [0.25, 0.3) is 0 Å². The number of benzene rings is 1. The number of anilines is 1. The first kappa shape index (κ1) is 17.8. The first-order chi connectivity index (χ1) is 9.77. The summed E-state index contributed by atoms with van der Waals surface area (Å²) in [5.74, 6) is -0.590. The molecule has 0 amide bonds. The van der Waals surface area contributed by atoms with Gasteiger partial charge in [0.15, 0.2) is 0 Å². The van der Waals surface area contributed by atoms with Gasteiger partial charge in [-0.3, -0.25) is 0 Å². The third kappa shape index (κ3) is 5.24. The Labute approximate surface area is 125 Å². The van der Waals surface area contributed by atoms with Gasteiger partial charge in [0, 0.05) is 26.7 Å². The van der Waals surface area contributed by atoms with E-state index in [0.29, 0.717) is 19.7 Å². The maximum absolute atomic E-state index is 13.4. The Balaban J connectivity index is 2.66. The van der Waals surface area contributed by atoms with Crippen molar-refractivity contribution >= 4 is 15.7 Å². The number of hydrogen-bond donors (Lipinski definition) is 2. The summed E-state index contributed by atoms with van der Waals surface area (Å²) in [7, 11) is -0.215. The minimum Gasteiger partial charge on any atom is -0.396 e. The van der Waals surface area contributed by atoms with Crippen molar-refractivity contribution in [3.05, 3.63) is 23.5 Å². The van der Waals surface area contributed by atoms with E-state index in [9.17, 15) is 12.8 Å². The number of ether oxygens (including phenoxy) is 1. The van der Waals surface area contributed by atoms with Crippen LogP contribution in [0, 0.1) is 12.7 Å². The van der Waals surface area contributed by atoms with Crippen molar-refractivity contribution in [3.63, 3.8) is 0 Å². The van der Waals surface area contributed by atoms with Crippen LogP contribution in [0.5, 0.6) is 0 Å². The molecule has 1 aromatic carbocycles. The molecule has 3 N–H and O–H groups in total. The Bertz CT molecular complexity index is 555. The van der Waals surface area contributed by atoms with Crippen LogP contribution in [0.1, 0.15) is 5.56 Å². The highest BCUT2D eigenvalue weighted by Crippen LogP contribution is 2.20. The lowest BCUT2D eigenvalue weighted by Crippen LogP contribution is -2.34. The van der Waals surface area contributed by atoms with Gasteiger partial charge in [-0.2, -0.15) is 0 Å². The Morgan fingerprint density at radius 1 is 1.38 bits per heavy atom. The minimum atomic E-state index is -3.69. The Hall–Kier alpha value is -1.22. The van der Waals surface area contributed by atoms with E-state index in [1.165, 1.54) is 13.0 Å². The molecule has 0 aliphatic heterocycles. The van der Waals surface area contributed by atoms with Gasteiger partial charge in [0.05, 0.1) is 17.2 Å². The first-order valence-electron chi connectivity index (χ1n) is 6.50. The molecule has 0 bridgehead atoms. The zero-order valence-corrected chi connectivity index (χ0v) is 13.3. The molecular formula is C13H22FN3O3S. The number of likely N-dealkylation sites (N-methyl/N-ethyl adjacent to an activating group) is 1. The van der Waals surface area contributed by atoms with Gasteiger partial charge in [-0.25, -0.2) is 17.5 Å². The molecule has 0 saturated carbocycles. The summed E-state index contributed by atoms with van der Waals surface area (Å²) in [5.41, 5.74) is 5.49. The molecule has 0 aliphatic rings. The number of rotatable bonds is 8. The number of nitrogens with two attached hydrogens (primary N) is 1. The van der Waals surface area contributed by atoms with Crippen LogP contribution < -0.4 is 10.5 Å². The molecule has 0 unspecified atom stereocenters. The third-order valence-electron chi connectivity index (χ3n) is 3.03. The molecule has 0 fully saturated rings. The Morgan fingerprint density at radius 2 is 2.05 bits per heavy atom. The van der Waals surface area contributed by atoms with Gasteiger partial charge in [0.25, 0.3) is 0 Å². The summed E-state index contributed by atoms with van der Waals surface area (Å²) < 4.78 is 45.0. The van der Waals surface area contributed by atoms with Crippen molar-refractivity contribution in [2.45, 2.75) is 11.8 Å². The molecule has 0 aliphatic carbocycles. The summed E-state index contributed by atoms with van der Waals surface area (Å²) >= 11 is 0. The molecule has 21 heavy (non-hydrogen) atoms. The van der Waals surface area contributed by atoms with Crippen LogP contribution in [0.3, 0.4) is 0 Å². The molecule has 1 rings (SSSR count). The number of halogens is 1. The van der Waals surface area contributed by atoms with Crippen molar-refractivity contribution in [2.75, 3.05) is 46.1 Å². The van der Waals surface area contributed by atoms with Gasteiger partial charge in [0.1, 0.15) is 5.82 Å². The first-order valence-corrected chi connectivity index (χ1v) is 7.99. The molecule has 0 spiro atoms. The summed E-state index contributed by atoms with van der Waals surface area (Å²) in [4.78, 5) is 1.91. The molecular weight excluding hydrogens is 297 g/mol. The largest absolute Gasteiger partial charge is 0.396 e. The average Bonchev–Trinajstić information content (AvgIpc) is 2.41. The molecule has 0 aromatic heterocycles. The SMILES string of the molecule is COCCN(C)CCNS(=O)(=O)c1cc(C)c(F)c(N)c1. The van der Waals surface area contributed by atoms with E-state index in [0.717, 1.165) is 6.07 Å². The summed E-state index contributed by atoms with van der Waals surface area (Å²) in [5, 5.41) is 0. The second-order valence-electron chi connectivity index (χ2n) is 4.84. The van der Waals surface area contributed by atoms with Crippen molar-refractivity contribution in [1.82, 2.24) is 9.62 Å². The van der Waals surface area contributed by atoms with Crippen molar-refractivity contribution in [3.8, 4) is 0 Å². The molecule has 0 saturated heterocycles. The molecule has 1 aromatic rings. The predicted molar refractivity (Wildman–Crippen MR) is 80.1 cm³/mol. The normalized spacial score (nSPS) is 12.0. The molecule has 8 heteroatoms. The maximum Gasteiger partial charge on any atom is 0.240 e. The second kappa shape index (κ2) is 7.69. The molecule has 0 radical (unpaired) electrons. The molecule has 120 valence electrons. The zero-order chi connectivity index (χ0) is 16.0. The second-order valence-corrected chi connectivity index (χ2v) is 6.60. The van der Waals surface area contributed by atoms with Gasteiger partial charge in [-0.15, -0.1) is 0 Å². The van der Waals surface area contributed by atoms with Crippen molar-refractivity contribution < 1.29 is 17.5 Å². The summed E-state index contributed by atoms with van der Waals surface area (Å²) in [6, 6.07) is 2.39. The highest BCUT2D eigenvalue weighted by Gasteiger charge is 2.17. The van der Waals surface area contributed by atoms with Gasteiger partial charge in [0.2, 0.25) is 10.0 Å². The number of hydrogen-bond acceptors (Lipinski definition) is 5. The zero-order valence-electron chi connectivity index (χ0n) is 12.5. The van der Waals surface area contributed by atoms with E-state index in [1.807, 2.05) is 11.9 Å². The lowest BCUT2D eigenvalue weighted by Gasteiger charge is -2.16. The van der Waals surface area contributed by atoms with Crippen LogP contribution in [0.15, 0.2) is 17.0 Å². The maximum atomic E-state index is 13.4. The summed E-state index contributed by atoms with van der Waals surface area (Å²) in [6.07, 6.45) is 0. The number of nitrogens with one attached hydrogen (secondary N) is 1. The standard InChI is InChI=1S/C13H22FN3O3S/c1-10-8-11(9-12(15)13(10)14)21(18,19)16-4-5-17(2)6-7-20-3/h8-9,16H,4-7,15H2,1-3H3. The summed E-state index contributed by atoms with van der Waals surface area (Å²) in [6.45, 7) is 3.55. The predicted octanol–water partition coefficient (Wildman–Crippen LogP) is 0.573. The number of nitrogen functional groups attached to an aromatic ring is 1. The van der Waals surface area contributed by atoms with Crippen molar-refractivity contribution in [1.29, 1.82) is 0 Å². The topological polar surface area (TPSA) is 84.7 Å². The highest BCUT2D eigenvalue weighted by molar-refractivity contribution is 7.89. The third-order valence-corrected chi connectivity index (χ3v) is 4.47. The molecule has 6 nitrogen and oxygen atoms in total. The fourth-order valence-electron chi connectivity index (χ4n) is 1.73. The van der Waals surface area contributed by atoms with Crippen LogP contribution in [0.2, 0.25) is 0 Å². The average molecular weight is 319 g/mol. The van der Waals surface area contributed by atoms with Gasteiger partial charge < -0.3 is 15.4 Å². The van der Waals surface area contributed by atoms with Gasteiger partial charge in [-0.05, 0) is 31.7 Å². The lowest BCUT2D eigenvalue weighted by atomic mass is 10.2. The molecule has 0 heterocycles. The fourth-order valence-corrected chi connectivity index (χ4v) is 2.87. The van der Waals surface area contributed by atoms with E-state index in [4.69, 9.17) is 10.5 Å². The lowest BCUT2D eigenvalue weighted by molar-refractivity contribution is 0.162. The highest BCUT2D eigenvalue weighted by atomic mass is 32.2. The van der Waals surface area contributed by atoms with E-state index in [1.54, 1.807) is 7.11 Å². The van der Waals surface area contributed by atoms with Gasteiger partial charge >= 0.3 is 0 Å². The van der Waals surface area contributed by atoms with Crippen LogP contribution in [-0.4, -0.2) is 53.7 Å². The van der Waals surface area contributed by atoms with Crippen LogP contribution in [-0.2, 0) is 14.8 Å². The fraction of sp³-hybridized carbons (Fsp3) is 0.538. The Kier molecular flexibility index (Phi) is 6.53. The number of nitrogens with zero attached hydrogens (tertiary/aromatic N) is 1. The molecule has 0 atom stereocenters. The van der Waals surface area contributed by atoms with Crippen LogP contribution in [0.4, 0.5) is 10.1 Å². The van der Waals surface area contributed by atoms with Crippen molar-refractivity contribution in [2.24, 2.45) is 0 Å². The number of sulfonamides is 1. The number of methoxy groups -OCH3 is 1. The van der Waals surface area contributed by atoms with Crippen LogP contribution >= 0.6 is 0 Å².